The van der Waals surface area contributed by atoms with Crippen molar-refractivity contribution in [3.63, 3.8) is 0 Å². The van der Waals surface area contributed by atoms with Gasteiger partial charge in [0.05, 0.1) is 24.3 Å². The number of hydrogen-bond donors (Lipinski definition) is 0. The van der Waals surface area contributed by atoms with Gasteiger partial charge in [-0.15, -0.1) is 17.5 Å². The van der Waals surface area contributed by atoms with E-state index in [2.05, 4.69) is 103 Å². The molecule has 0 aliphatic rings. The number of hydrogen-bond acceptors (Lipinski definition) is 3. The summed E-state index contributed by atoms with van der Waals surface area (Å²) >= 11 is 0. The molecule has 4 aromatic heterocycles. The van der Waals surface area contributed by atoms with Crippen molar-refractivity contribution in [3.05, 3.63) is 125 Å². The number of fused-ring (bicyclic) bond motifs is 2. The zero-order valence-electron chi connectivity index (χ0n) is 27.4. The van der Waals surface area contributed by atoms with Gasteiger partial charge in [0.2, 0.25) is 0 Å². The second kappa shape index (κ2) is 11.7. The van der Waals surface area contributed by atoms with Crippen LogP contribution in [0.15, 0.2) is 72.8 Å². The van der Waals surface area contributed by atoms with Gasteiger partial charge in [0, 0.05) is 22.4 Å². The SMILES string of the molecule is [C-]#[N+]c1cccc2c1c[c-]n2-c1cc(C(C)(C)C)cc(C(C)(C)c2cc(C(C)(C)C)cc(-n3[c-]cc4c(C#N)cccc43)n2)n1.[Pt+2]. The molecule has 6 rings (SSSR count). The first-order chi connectivity index (χ1) is 21.2. The number of rotatable bonds is 4. The second-order valence-electron chi connectivity index (χ2n) is 14.2. The minimum atomic E-state index is -0.586. The van der Waals surface area contributed by atoms with Gasteiger partial charge in [-0.25, -0.2) is 4.85 Å². The van der Waals surface area contributed by atoms with Gasteiger partial charge in [-0.2, -0.15) is 5.26 Å². The second-order valence-corrected chi connectivity index (χ2v) is 14.2. The minimum absolute atomic E-state index is 0. The van der Waals surface area contributed by atoms with Crippen LogP contribution in [0.5, 0.6) is 0 Å². The van der Waals surface area contributed by atoms with E-state index in [9.17, 15) is 5.26 Å². The molecule has 0 bridgehead atoms. The van der Waals surface area contributed by atoms with E-state index in [1.807, 2.05) is 57.7 Å². The third-order valence-corrected chi connectivity index (χ3v) is 8.64. The zero-order chi connectivity index (χ0) is 32.3. The van der Waals surface area contributed by atoms with Crippen molar-refractivity contribution < 1.29 is 21.1 Å². The summed E-state index contributed by atoms with van der Waals surface area (Å²) < 4.78 is 3.91. The van der Waals surface area contributed by atoms with Crippen LogP contribution < -0.4 is 0 Å². The average Bonchev–Trinajstić information content (AvgIpc) is 3.64. The molecule has 0 saturated carbocycles. The van der Waals surface area contributed by atoms with E-state index in [0.717, 1.165) is 56.0 Å². The first-order valence-electron chi connectivity index (χ1n) is 15.1. The number of nitrogens with zero attached hydrogens (tertiary/aromatic N) is 6. The summed E-state index contributed by atoms with van der Waals surface area (Å²) in [6.07, 6.45) is 6.69. The van der Waals surface area contributed by atoms with Crippen molar-refractivity contribution in [3.8, 4) is 17.7 Å². The van der Waals surface area contributed by atoms with E-state index in [0.29, 0.717) is 11.3 Å². The molecule has 6 nitrogen and oxygen atoms in total. The van der Waals surface area contributed by atoms with Crippen LogP contribution in [0.1, 0.15) is 83.5 Å². The molecule has 0 aliphatic carbocycles. The standard InChI is InChI=1S/C39H36N6.Pt/c1-37(2,3)26-20-33(42-35(22-26)44-18-16-28-25(24-40)12-10-14-31(28)44)39(7,8)34-21-27(38(4,5)6)23-36(43-34)45-19-17-29-30(41-9)13-11-15-32(29)45;/h10-17,20-23H,1-8H3;/q-2;+2. The van der Waals surface area contributed by atoms with Crippen molar-refractivity contribution in [1.29, 1.82) is 5.26 Å². The molecule has 2 aromatic carbocycles. The van der Waals surface area contributed by atoms with Gasteiger partial charge in [-0.05, 0) is 47.9 Å². The number of aromatic nitrogens is 4. The molecule has 232 valence electrons. The summed E-state index contributed by atoms with van der Waals surface area (Å²) in [4.78, 5) is 14.2. The largest absolute Gasteiger partial charge is 2.00 e. The van der Waals surface area contributed by atoms with Gasteiger partial charge in [-0.3, -0.25) is 9.97 Å². The molecule has 4 heterocycles. The molecule has 7 heteroatoms. The summed E-state index contributed by atoms with van der Waals surface area (Å²) in [5, 5.41) is 11.4. The molecule has 6 aromatic rings. The summed E-state index contributed by atoms with van der Waals surface area (Å²) in [5.74, 6) is 1.50. The van der Waals surface area contributed by atoms with Crippen LogP contribution >= 0.6 is 0 Å². The first-order valence-corrected chi connectivity index (χ1v) is 15.1. The zero-order valence-corrected chi connectivity index (χ0v) is 29.7. The summed E-state index contributed by atoms with van der Waals surface area (Å²) in [6, 6.07) is 26.1. The fraction of sp³-hybridized carbons (Fsp3) is 0.282. The average molecular weight is 784 g/mol. The number of pyridine rings is 2. The maximum atomic E-state index is 9.69. The summed E-state index contributed by atoms with van der Waals surface area (Å²) in [7, 11) is 0. The molecular formula is C39H36N6Pt. The number of nitriles is 1. The molecule has 0 saturated heterocycles. The number of benzene rings is 2. The van der Waals surface area contributed by atoms with Crippen molar-refractivity contribution in [1.82, 2.24) is 19.1 Å². The fourth-order valence-corrected chi connectivity index (χ4v) is 5.65. The predicted molar refractivity (Wildman–Crippen MR) is 180 cm³/mol. The normalized spacial score (nSPS) is 12.1. The quantitative estimate of drug-likeness (QED) is 0.168. The third-order valence-electron chi connectivity index (χ3n) is 8.64. The van der Waals surface area contributed by atoms with Gasteiger partial charge >= 0.3 is 21.1 Å². The van der Waals surface area contributed by atoms with Gasteiger partial charge < -0.3 is 9.13 Å². The Kier molecular flexibility index (Phi) is 8.35. The maximum Gasteiger partial charge on any atom is 2.00 e. The van der Waals surface area contributed by atoms with Crippen LogP contribution in [-0.4, -0.2) is 19.1 Å². The van der Waals surface area contributed by atoms with Crippen LogP contribution in [0.4, 0.5) is 5.69 Å². The molecule has 0 N–H and O–H groups in total. The first kappa shape index (κ1) is 32.9. The molecule has 0 aliphatic heterocycles. The van der Waals surface area contributed by atoms with E-state index >= 15 is 0 Å². The Labute approximate surface area is 285 Å². The Morgan fingerprint density at radius 2 is 1.20 bits per heavy atom. The van der Waals surface area contributed by atoms with Crippen LogP contribution in [0.3, 0.4) is 0 Å². The summed E-state index contributed by atoms with van der Waals surface area (Å²) in [6.45, 7) is 25.2. The molecule has 0 unspecified atom stereocenters. The van der Waals surface area contributed by atoms with Gasteiger partial charge in [0.25, 0.3) is 0 Å². The fourth-order valence-electron chi connectivity index (χ4n) is 5.65. The van der Waals surface area contributed by atoms with Crippen LogP contribution in [0, 0.1) is 30.3 Å². The van der Waals surface area contributed by atoms with E-state index < -0.39 is 5.41 Å². The minimum Gasteiger partial charge on any atom is -0.430 e. The topological polar surface area (TPSA) is 63.8 Å². The molecule has 0 radical (unpaired) electrons. The molecule has 0 spiro atoms. The molecule has 46 heavy (non-hydrogen) atoms. The van der Waals surface area contributed by atoms with E-state index in [-0.39, 0.29) is 31.9 Å². The Morgan fingerprint density at radius 1 is 0.717 bits per heavy atom. The van der Waals surface area contributed by atoms with Crippen molar-refractivity contribution in [2.75, 3.05) is 0 Å². The van der Waals surface area contributed by atoms with E-state index in [1.54, 1.807) is 0 Å². The van der Waals surface area contributed by atoms with Crippen LogP contribution in [-0.2, 0) is 37.3 Å². The molecule has 0 fully saturated rings. The van der Waals surface area contributed by atoms with E-state index in [4.69, 9.17) is 16.5 Å². The predicted octanol–water partition coefficient (Wildman–Crippen LogP) is 9.31. The smallest absolute Gasteiger partial charge is 0.430 e. The van der Waals surface area contributed by atoms with Gasteiger partial charge in [0.15, 0.2) is 0 Å². The molecular weight excluding hydrogens is 748 g/mol. The summed E-state index contributed by atoms with van der Waals surface area (Å²) in [5.41, 5.74) is 6.19. The Hall–Kier alpha value is -4.51. The Balaban J connectivity index is 0.00000417. The van der Waals surface area contributed by atoms with Crippen molar-refractivity contribution in [2.24, 2.45) is 0 Å². The van der Waals surface area contributed by atoms with E-state index in [1.165, 1.54) is 0 Å². The Morgan fingerprint density at radius 3 is 1.67 bits per heavy atom. The van der Waals surface area contributed by atoms with Crippen LogP contribution in [0.25, 0.3) is 38.3 Å². The monoisotopic (exact) mass is 783 g/mol. The van der Waals surface area contributed by atoms with Gasteiger partial charge in [-0.1, -0.05) is 119 Å². The van der Waals surface area contributed by atoms with Crippen molar-refractivity contribution >= 4 is 27.5 Å². The Bertz CT molecular complexity index is 2030. The van der Waals surface area contributed by atoms with Crippen LogP contribution in [0.2, 0.25) is 0 Å². The maximum absolute atomic E-state index is 9.69. The molecule has 0 atom stereocenters. The third kappa shape index (κ3) is 5.68. The molecule has 0 amide bonds. The van der Waals surface area contributed by atoms with Gasteiger partial charge in [0.1, 0.15) is 5.69 Å². The van der Waals surface area contributed by atoms with Crippen molar-refractivity contribution in [2.45, 2.75) is 71.6 Å².